The van der Waals surface area contributed by atoms with Crippen LogP contribution in [0.5, 0.6) is 17.2 Å². The summed E-state index contributed by atoms with van der Waals surface area (Å²) >= 11 is 0. The van der Waals surface area contributed by atoms with Gasteiger partial charge in [0, 0.05) is 12.5 Å². The highest BCUT2D eigenvalue weighted by Crippen LogP contribution is 2.34. The van der Waals surface area contributed by atoms with Crippen molar-refractivity contribution in [2.24, 2.45) is 0 Å². The lowest BCUT2D eigenvalue weighted by molar-refractivity contribution is 0.297. The number of ether oxygens (including phenoxy) is 2. The zero-order valence-corrected chi connectivity index (χ0v) is 16.9. The molecule has 1 aliphatic rings. The third-order valence-electron chi connectivity index (χ3n) is 4.64. The Kier molecular flexibility index (Phi) is 4.96. The molecule has 0 N–H and O–H groups in total. The summed E-state index contributed by atoms with van der Waals surface area (Å²) in [6, 6.07) is 8.39. The molecule has 4 rings (SSSR count). The van der Waals surface area contributed by atoms with Gasteiger partial charge in [0.15, 0.2) is 11.5 Å². The predicted molar refractivity (Wildman–Crippen MR) is 108 cm³/mol. The van der Waals surface area contributed by atoms with Crippen LogP contribution in [0.25, 0.3) is 22.1 Å². The van der Waals surface area contributed by atoms with Crippen LogP contribution in [0.3, 0.4) is 0 Å². The van der Waals surface area contributed by atoms with E-state index in [9.17, 15) is 13.2 Å². The molecular weight excluding hydrogens is 396 g/mol. The molecule has 0 unspecified atom stereocenters. The van der Waals surface area contributed by atoms with E-state index in [1.165, 1.54) is 12.3 Å². The van der Waals surface area contributed by atoms with E-state index in [0.717, 1.165) is 12.7 Å². The van der Waals surface area contributed by atoms with Crippen molar-refractivity contribution in [1.29, 1.82) is 0 Å². The van der Waals surface area contributed by atoms with E-state index in [2.05, 4.69) is 0 Å². The third-order valence-corrected chi connectivity index (χ3v) is 5.12. The lowest BCUT2D eigenvalue weighted by atomic mass is 10.0. The average Bonchev–Trinajstić information content (AvgIpc) is 2.91. The van der Waals surface area contributed by atoms with Crippen LogP contribution in [-0.4, -0.2) is 27.9 Å². The molecule has 3 aromatic rings. The summed E-state index contributed by atoms with van der Waals surface area (Å²) in [6.07, 6.45) is 3.62. The van der Waals surface area contributed by atoms with Gasteiger partial charge in [0.1, 0.15) is 17.6 Å². The second-order valence-electron chi connectivity index (χ2n) is 6.79. The molecule has 0 spiro atoms. The van der Waals surface area contributed by atoms with Crippen molar-refractivity contribution in [3.63, 3.8) is 0 Å². The van der Waals surface area contributed by atoms with E-state index in [4.69, 9.17) is 18.1 Å². The van der Waals surface area contributed by atoms with Crippen LogP contribution in [0.15, 0.2) is 45.8 Å². The maximum atomic E-state index is 13.1. The van der Waals surface area contributed by atoms with Gasteiger partial charge in [-0.3, -0.25) is 4.79 Å². The van der Waals surface area contributed by atoms with Crippen molar-refractivity contribution >= 4 is 21.1 Å². The predicted octanol–water partition coefficient (Wildman–Crippen LogP) is 3.52. The van der Waals surface area contributed by atoms with Crippen LogP contribution in [0.1, 0.15) is 18.9 Å². The minimum Gasteiger partial charge on any atom is -0.490 e. The highest BCUT2D eigenvalue weighted by Gasteiger charge is 2.17. The van der Waals surface area contributed by atoms with Crippen molar-refractivity contribution in [3.05, 3.63) is 52.4 Å². The molecule has 7 nitrogen and oxygen atoms in total. The lowest BCUT2D eigenvalue weighted by Crippen LogP contribution is -2.09. The van der Waals surface area contributed by atoms with Crippen molar-refractivity contribution < 1.29 is 26.5 Å². The SMILES string of the molecule is CCc1cc2c(=O)c(-c3ccc4c(c3)OCCCO4)coc2cc1OS(C)(=O)=O. The Morgan fingerprint density at radius 3 is 2.55 bits per heavy atom. The van der Waals surface area contributed by atoms with Gasteiger partial charge in [-0.1, -0.05) is 13.0 Å². The minimum absolute atomic E-state index is 0.161. The molecule has 0 fully saturated rings. The minimum atomic E-state index is -3.70. The molecule has 2 aromatic carbocycles. The summed E-state index contributed by atoms with van der Waals surface area (Å²) in [5, 5.41) is 0.354. The second-order valence-corrected chi connectivity index (χ2v) is 8.36. The fourth-order valence-electron chi connectivity index (χ4n) is 3.25. The van der Waals surface area contributed by atoms with Gasteiger partial charge < -0.3 is 18.1 Å². The fourth-order valence-corrected chi connectivity index (χ4v) is 3.73. The topological polar surface area (TPSA) is 92.0 Å². The van der Waals surface area contributed by atoms with Crippen LogP contribution in [0.2, 0.25) is 0 Å². The van der Waals surface area contributed by atoms with E-state index < -0.39 is 10.1 Å². The van der Waals surface area contributed by atoms with Gasteiger partial charge >= 0.3 is 10.1 Å². The van der Waals surface area contributed by atoms with Crippen molar-refractivity contribution in [2.45, 2.75) is 19.8 Å². The molecule has 0 saturated heterocycles. The van der Waals surface area contributed by atoms with Crippen LogP contribution < -0.4 is 19.1 Å². The Morgan fingerprint density at radius 1 is 1.07 bits per heavy atom. The fraction of sp³-hybridized carbons (Fsp3) is 0.286. The van der Waals surface area contributed by atoms with Crippen molar-refractivity contribution in [2.75, 3.05) is 19.5 Å². The van der Waals surface area contributed by atoms with Gasteiger partial charge in [0.25, 0.3) is 0 Å². The zero-order chi connectivity index (χ0) is 20.6. The molecule has 8 heteroatoms. The number of fused-ring (bicyclic) bond motifs is 2. The maximum Gasteiger partial charge on any atom is 0.306 e. The largest absolute Gasteiger partial charge is 0.490 e. The third kappa shape index (κ3) is 3.93. The van der Waals surface area contributed by atoms with E-state index in [0.29, 0.717) is 53.2 Å². The number of benzene rings is 2. The Morgan fingerprint density at radius 2 is 1.83 bits per heavy atom. The number of hydrogen-bond donors (Lipinski definition) is 0. The molecule has 0 aliphatic carbocycles. The summed E-state index contributed by atoms with van der Waals surface area (Å²) in [5.41, 5.74) is 1.67. The summed E-state index contributed by atoms with van der Waals surface area (Å²) in [5.74, 6) is 1.40. The van der Waals surface area contributed by atoms with E-state index in [1.54, 1.807) is 24.3 Å². The molecule has 2 heterocycles. The lowest BCUT2D eigenvalue weighted by Gasteiger charge is -2.11. The maximum absolute atomic E-state index is 13.1. The Bertz CT molecular complexity index is 1240. The summed E-state index contributed by atoms with van der Waals surface area (Å²) in [4.78, 5) is 13.1. The molecular formula is C21H20O7S. The smallest absolute Gasteiger partial charge is 0.306 e. The molecule has 152 valence electrons. The molecule has 0 bridgehead atoms. The highest BCUT2D eigenvalue weighted by atomic mass is 32.2. The van der Waals surface area contributed by atoms with Gasteiger partial charge in [-0.2, -0.15) is 8.42 Å². The quantitative estimate of drug-likeness (QED) is 0.601. The average molecular weight is 416 g/mol. The molecule has 29 heavy (non-hydrogen) atoms. The monoisotopic (exact) mass is 416 g/mol. The molecule has 0 radical (unpaired) electrons. The van der Waals surface area contributed by atoms with Crippen molar-refractivity contribution in [3.8, 4) is 28.4 Å². The Hall–Kier alpha value is -3.00. The summed E-state index contributed by atoms with van der Waals surface area (Å²) < 4.78 is 45.1. The molecule has 0 atom stereocenters. The number of hydrogen-bond acceptors (Lipinski definition) is 7. The van der Waals surface area contributed by atoms with Gasteiger partial charge in [0.2, 0.25) is 5.43 Å². The van der Waals surface area contributed by atoms with Crippen LogP contribution in [-0.2, 0) is 16.5 Å². The first kappa shape index (κ1) is 19.3. The van der Waals surface area contributed by atoms with Crippen LogP contribution in [0.4, 0.5) is 0 Å². The normalized spacial score (nSPS) is 13.9. The van der Waals surface area contributed by atoms with Gasteiger partial charge in [0.05, 0.1) is 30.4 Å². The molecule has 1 aromatic heterocycles. The Labute approximate surface area is 167 Å². The number of rotatable bonds is 4. The van der Waals surface area contributed by atoms with Crippen LogP contribution >= 0.6 is 0 Å². The molecule has 1 aliphatic heterocycles. The van der Waals surface area contributed by atoms with Gasteiger partial charge in [-0.25, -0.2) is 0 Å². The first-order valence-electron chi connectivity index (χ1n) is 9.23. The highest BCUT2D eigenvalue weighted by molar-refractivity contribution is 7.86. The van der Waals surface area contributed by atoms with E-state index in [-0.39, 0.29) is 16.8 Å². The van der Waals surface area contributed by atoms with E-state index >= 15 is 0 Å². The Balaban J connectivity index is 1.83. The zero-order valence-electron chi connectivity index (χ0n) is 16.1. The summed E-state index contributed by atoms with van der Waals surface area (Å²) in [7, 11) is -3.70. The number of aryl methyl sites for hydroxylation is 1. The van der Waals surface area contributed by atoms with Crippen molar-refractivity contribution in [1.82, 2.24) is 0 Å². The van der Waals surface area contributed by atoms with Crippen LogP contribution in [0, 0.1) is 0 Å². The molecule has 0 saturated carbocycles. The first-order valence-corrected chi connectivity index (χ1v) is 11.1. The first-order chi connectivity index (χ1) is 13.9. The van der Waals surface area contributed by atoms with Gasteiger partial charge in [-0.05, 0) is 35.7 Å². The standard InChI is InChI=1S/C21H20O7S/c1-3-13-9-15-19(11-18(13)28-29(2,23)24)27-12-16(21(15)22)14-5-6-17-20(10-14)26-8-4-7-25-17/h5-6,9-12H,3-4,7-8H2,1-2H3. The second kappa shape index (κ2) is 7.44. The van der Waals surface area contributed by atoms with Gasteiger partial charge in [-0.15, -0.1) is 0 Å². The van der Waals surface area contributed by atoms with E-state index in [1.807, 2.05) is 6.92 Å². The summed E-state index contributed by atoms with van der Waals surface area (Å²) in [6.45, 7) is 2.99. The molecule has 0 amide bonds.